The van der Waals surface area contributed by atoms with Gasteiger partial charge in [-0.25, -0.2) is 0 Å². The monoisotopic (exact) mass is 272 g/mol. The quantitative estimate of drug-likeness (QED) is 0.656. The van der Waals surface area contributed by atoms with E-state index in [0.717, 1.165) is 26.2 Å². The van der Waals surface area contributed by atoms with Gasteiger partial charge in [-0.1, -0.05) is 48.5 Å². The maximum absolute atomic E-state index is 2.70. The van der Waals surface area contributed by atoms with E-state index in [1.54, 1.807) is 0 Å². The van der Waals surface area contributed by atoms with Crippen molar-refractivity contribution >= 4 is 10.2 Å². The average molecular weight is 273 g/mol. The van der Waals surface area contributed by atoms with Crippen molar-refractivity contribution in [1.29, 1.82) is 0 Å². The number of likely N-dealkylation sites (N-methyl/N-ethyl adjacent to an activating group) is 2. The van der Waals surface area contributed by atoms with Gasteiger partial charge in [-0.05, 0) is 38.5 Å². The number of nitrogens with zero attached hydrogens (tertiary/aromatic N) is 2. The Morgan fingerprint density at radius 1 is 0.889 bits per heavy atom. The Kier molecular flexibility index (Phi) is 7.12. The molecular weight excluding hydrogens is 236 g/mol. The molecule has 0 rings (SSSR count). The van der Waals surface area contributed by atoms with Crippen LogP contribution in [0.4, 0.5) is 0 Å². The number of hydrogen-bond acceptors (Lipinski definition) is 2. The van der Waals surface area contributed by atoms with Crippen molar-refractivity contribution in [2.75, 3.05) is 26.2 Å². The van der Waals surface area contributed by atoms with E-state index >= 15 is 0 Å². The zero-order valence-electron chi connectivity index (χ0n) is 14.3. The first-order chi connectivity index (χ1) is 8.20. The molecule has 0 aromatic carbocycles. The standard InChI is InChI=1S/C15H36N2Si/c1-9-16(10-2)13(5)15(18,14(6,7)8)17(11-3)12-4/h13H,9-12H2,1-8,18H3. The average Bonchev–Trinajstić information content (AvgIpc) is 2.30. The summed E-state index contributed by atoms with van der Waals surface area (Å²) in [5, 5.41) is 0.336. The lowest BCUT2D eigenvalue weighted by molar-refractivity contribution is -0.00285. The molecular formula is C15H36N2Si. The Bertz CT molecular complexity index is 229. The molecule has 0 aromatic heterocycles. The van der Waals surface area contributed by atoms with Crippen LogP contribution in [0.1, 0.15) is 55.4 Å². The lowest BCUT2D eigenvalue weighted by Crippen LogP contribution is -2.68. The highest BCUT2D eigenvalue weighted by Crippen LogP contribution is 2.37. The van der Waals surface area contributed by atoms with Gasteiger partial charge in [0, 0.05) is 21.4 Å². The van der Waals surface area contributed by atoms with Crippen molar-refractivity contribution in [3.8, 4) is 0 Å². The summed E-state index contributed by atoms with van der Waals surface area (Å²) >= 11 is 0. The summed E-state index contributed by atoms with van der Waals surface area (Å²) in [5.41, 5.74) is 0.327. The topological polar surface area (TPSA) is 6.48 Å². The number of rotatable bonds is 7. The van der Waals surface area contributed by atoms with Crippen LogP contribution in [0.25, 0.3) is 0 Å². The second-order valence-corrected chi connectivity index (χ2v) is 7.99. The van der Waals surface area contributed by atoms with Crippen molar-refractivity contribution in [1.82, 2.24) is 9.80 Å². The molecule has 0 bridgehead atoms. The van der Waals surface area contributed by atoms with Crippen LogP contribution in [-0.4, -0.2) is 57.4 Å². The minimum absolute atomic E-state index is 0.327. The van der Waals surface area contributed by atoms with E-state index in [-0.39, 0.29) is 0 Å². The molecule has 110 valence electrons. The Morgan fingerprint density at radius 3 is 1.50 bits per heavy atom. The molecule has 0 fully saturated rings. The van der Waals surface area contributed by atoms with E-state index in [4.69, 9.17) is 0 Å². The van der Waals surface area contributed by atoms with Gasteiger partial charge < -0.3 is 0 Å². The predicted molar refractivity (Wildman–Crippen MR) is 87.4 cm³/mol. The van der Waals surface area contributed by atoms with Crippen molar-refractivity contribution in [3.63, 3.8) is 0 Å². The fourth-order valence-electron chi connectivity index (χ4n) is 3.37. The van der Waals surface area contributed by atoms with Gasteiger partial charge >= 0.3 is 0 Å². The van der Waals surface area contributed by atoms with E-state index in [1.807, 2.05) is 0 Å². The molecule has 0 heterocycles. The van der Waals surface area contributed by atoms with E-state index in [9.17, 15) is 0 Å². The third-order valence-corrected chi connectivity index (χ3v) is 8.08. The lowest BCUT2D eigenvalue weighted by Gasteiger charge is -2.56. The minimum atomic E-state index is 0.327. The van der Waals surface area contributed by atoms with Gasteiger partial charge in [-0.3, -0.25) is 9.80 Å². The van der Waals surface area contributed by atoms with Gasteiger partial charge in [0.25, 0.3) is 0 Å². The van der Waals surface area contributed by atoms with E-state index in [2.05, 4.69) is 65.2 Å². The third kappa shape index (κ3) is 3.37. The smallest absolute Gasteiger partial charge is 0.0311 e. The Balaban J connectivity index is 5.47. The number of hydrogen-bond donors (Lipinski definition) is 0. The summed E-state index contributed by atoms with van der Waals surface area (Å²) < 4.78 is 0. The van der Waals surface area contributed by atoms with Crippen LogP contribution in [0.15, 0.2) is 0 Å². The highest BCUT2D eigenvalue weighted by atomic mass is 28.1. The van der Waals surface area contributed by atoms with Crippen LogP contribution in [0.2, 0.25) is 0 Å². The Morgan fingerprint density at radius 2 is 1.28 bits per heavy atom. The van der Waals surface area contributed by atoms with Gasteiger partial charge in [0.1, 0.15) is 0 Å². The minimum Gasteiger partial charge on any atom is -0.300 e. The van der Waals surface area contributed by atoms with Crippen molar-refractivity contribution < 1.29 is 0 Å². The summed E-state index contributed by atoms with van der Waals surface area (Å²) in [4.78, 5) is 5.32. The first kappa shape index (κ1) is 18.1. The SMILES string of the molecule is CCN(CC)C(C)C([SiH3])(N(CC)CC)C(C)(C)C. The lowest BCUT2D eigenvalue weighted by atomic mass is 9.79. The first-order valence-electron chi connectivity index (χ1n) is 7.69. The maximum Gasteiger partial charge on any atom is 0.0311 e. The van der Waals surface area contributed by atoms with Gasteiger partial charge in [-0.15, -0.1) is 0 Å². The molecule has 0 amide bonds. The molecule has 2 unspecified atom stereocenters. The van der Waals surface area contributed by atoms with Gasteiger partial charge in [0.15, 0.2) is 0 Å². The second kappa shape index (κ2) is 7.06. The highest BCUT2D eigenvalue weighted by Gasteiger charge is 2.46. The van der Waals surface area contributed by atoms with Gasteiger partial charge in [-0.2, -0.15) is 0 Å². The molecule has 0 spiro atoms. The summed E-state index contributed by atoms with van der Waals surface area (Å²) in [5.74, 6) is 0. The van der Waals surface area contributed by atoms with Crippen LogP contribution < -0.4 is 0 Å². The second-order valence-electron chi connectivity index (χ2n) is 6.47. The third-order valence-electron chi connectivity index (χ3n) is 5.11. The normalized spacial score (nSPS) is 18.3. The molecule has 0 aliphatic carbocycles. The summed E-state index contributed by atoms with van der Waals surface area (Å²) in [6, 6.07) is 0.624. The molecule has 0 saturated heterocycles. The Labute approximate surface area is 119 Å². The molecule has 0 saturated carbocycles. The highest BCUT2D eigenvalue weighted by molar-refractivity contribution is 6.16. The maximum atomic E-state index is 2.70. The molecule has 0 N–H and O–H groups in total. The zero-order valence-corrected chi connectivity index (χ0v) is 16.3. The van der Waals surface area contributed by atoms with E-state index in [1.165, 1.54) is 10.2 Å². The first-order valence-corrected chi connectivity index (χ1v) is 8.69. The molecule has 3 heteroatoms. The molecule has 0 radical (unpaired) electrons. The zero-order chi connectivity index (χ0) is 14.6. The molecule has 2 nitrogen and oxygen atoms in total. The molecule has 0 aliphatic rings. The fraction of sp³-hybridized carbons (Fsp3) is 1.00. The van der Waals surface area contributed by atoms with Crippen LogP contribution in [0, 0.1) is 5.41 Å². The van der Waals surface area contributed by atoms with Gasteiger partial charge in [0.05, 0.1) is 0 Å². The van der Waals surface area contributed by atoms with Crippen molar-refractivity contribution in [2.45, 2.75) is 66.6 Å². The van der Waals surface area contributed by atoms with Crippen LogP contribution >= 0.6 is 0 Å². The van der Waals surface area contributed by atoms with Crippen LogP contribution in [-0.2, 0) is 0 Å². The van der Waals surface area contributed by atoms with E-state index in [0.29, 0.717) is 16.6 Å². The van der Waals surface area contributed by atoms with Crippen molar-refractivity contribution in [2.24, 2.45) is 5.41 Å². The van der Waals surface area contributed by atoms with Crippen molar-refractivity contribution in [3.05, 3.63) is 0 Å². The summed E-state index contributed by atoms with van der Waals surface area (Å²) in [6.07, 6.45) is 0. The fourth-order valence-corrected chi connectivity index (χ4v) is 4.37. The Hall–Kier alpha value is 0.137. The van der Waals surface area contributed by atoms with Gasteiger partial charge in [0.2, 0.25) is 0 Å². The van der Waals surface area contributed by atoms with E-state index < -0.39 is 0 Å². The molecule has 0 aliphatic heterocycles. The van der Waals surface area contributed by atoms with Crippen LogP contribution in [0.3, 0.4) is 0 Å². The largest absolute Gasteiger partial charge is 0.300 e. The molecule has 18 heavy (non-hydrogen) atoms. The predicted octanol–water partition coefficient (Wildman–Crippen LogP) is 2.17. The van der Waals surface area contributed by atoms with Crippen LogP contribution in [0.5, 0.6) is 0 Å². The summed E-state index contributed by atoms with van der Waals surface area (Å²) in [6.45, 7) is 23.5. The molecule has 0 aromatic rings. The summed E-state index contributed by atoms with van der Waals surface area (Å²) in [7, 11) is 1.20. The molecule has 2 atom stereocenters.